The van der Waals surface area contributed by atoms with E-state index < -0.39 is 11.9 Å². The van der Waals surface area contributed by atoms with Gasteiger partial charge in [-0.2, -0.15) is 5.26 Å². The topological polar surface area (TPSA) is 91.2 Å². The number of carbonyl (C=O) groups excluding carboxylic acids is 2. The molecule has 7 heteroatoms. The normalized spacial score (nSPS) is 10.7. The number of nitrogens with zero attached hydrogens (tertiary/aromatic N) is 1. The molecule has 138 valence electrons. The van der Waals surface area contributed by atoms with Gasteiger partial charge in [-0.25, -0.2) is 4.79 Å². The van der Waals surface area contributed by atoms with Crippen LogP contribution >= 0.6 is 22.6 Å². The number of aryl methyl sites for hydroxylation is 1. The summed E-state index contributed by atoms with van der Waals surface area (Å²) in [5.41, 5.74) is 2.56. The summed E-state index contributed by atoms with van der Waals surface area (Å²) in [4.78, 5) is 23.9. The fraction of sp³-hybridized carbons (Fsp3) is 0.150. The highest BCUT2D eigenvalue weighted by Gasteiger charge is 2.11. The number of carbonyl (C=O) groups is 2. The Morgan fingerprint density at radius 3 is 2.52 bits per heavy atom. The van der Waals surface area contributed by atoms with Crippen LogP contribution < -0.4 is 10.6 Å². The molecule has 2 aromatic carbocycles. The highest BCUT2D eigenvalue weighted by molar-refractivity contribution is 14.1. The van der Waals surface area contributed by atoms with Crippen LogP contribution in [0.15, 0.2) is 54.2 Å². The van der Waals surface area contributed by atoms with Gasteiger partial charge in [0.15, 0.2) is 0 Å². The minimum atomic E-state index is -0.502. The van der Waals surface area contributed by atoms with E-state index in [1.165, 1.54) is 6.20 Å². The van der Waals surface area contributed by atoms with E-state index in [1.807, 2.05) is 25.1 Å². The lowest BCUT2D eigenvalue weighted by Crippen LogP contribution is -2.15. The fourth-order valence-electron chi connectivity index (χ4n) is 2.18. The number of rotatable bonds is 6. The quantitative estimate of drug-likeness (QED) is 0.283. The van der Waals surface area contributed by atoms with Gasteiger partial charge in [0.05, 0.1) is 12.2 Å². The number of amides is 1. The van der Waals surface area contributed by atoms with Crippen LogP contribution in [0.5, 0.6) is 0 Å². The number of hydrogen-bond acceptors (Lipinski definition) is 5. The van der Waals surface area contributed by atoms with Crippen molar-refractivity contribution in [2.45, 2.75) is 13.8 Å². The minimum Gasteiger partial charge on any atom is -0.462 e. The van der Waals surface area contributed by atoms with E-state index in [9.17, 15) is 14.9 Å². The fourth-order valence-corrected chi connectivity index (χ4v) is 2.82. The van der Waals surface area contributed by atoms with Gasteiger partial charge in [-0.05, 0) is 84.5 Å². The van der Waals surface area contributed by atoms with Gasteiger partial charge in [0.25, 0.3) is 5.91 Å². The first-order valence-electron chi connectivity index (χ1n) is 8.16. The number of ether oxygens (including phenoxy) is 1. The summed E-state index contributed by atoms with van der Waals surface area (Å²) in [5.74, 6) is -0.901. The Labute approximate surface area is 171 Å². The van der Waals surface area contributed by atoms with Crippen LogP contribution in [0.4, 0.5) is 11.4 Å². The van der Waals surface area contributed by atoms with E-state index in [-0.39, 0.29) is 5.57 Å². The maximum atomic E-state index is 12.3. The second kappa shape index (κ2) is 9.73. The van der Waals surface area contributed by atoms with E-state index in [1.54, 1.807) is 37.3 Å². The predicted molar refractivity (Wildman–Crippen MR) is 112 cm³/mol. The van der Waals surface area contributed by atoms with Crippen molar-refractivity contribution in [3.8, 4) is 6.07 Å². The molecule has 0 atom stereocenters. The Bertz CT molecular complexity index is 915. The summed E-state index contributed by atoms with van der Waals surface area (Å²) in [6.07, 6.45) is 1.33. The zero-order valence-electron chi connectivity index (χ0n) is 14.9. The van der Waals surface area contributed by atoms with Crippen molar-refractivity contribution in [2.24, 2.45) is 0 Å². The molecule has 0 aromatic heterocycles. The van der Waals surface area contributed by atoms with Gasteiger partial charge in [-0.3, -0.25) is 4.79 Å². The van der Waals surface area contributed by atoms with Crippen LogP contribution in [0.1, 0.15) is 22.8 Å². The lowest BCUT2D eigenvalue weighted by atomic mass is 10.2. The number of halogens is 1. The van der Waals surface area contributed by atoms with Crippen molar-refractivity contribution < 1.29 is 14.3 Å². The smallest absolute Gasteiger partial charge is 0.338 e. The Morgan fingerprint density at radius 1 is 1.22 bits per heavy atom. The number of nitriles is 1. The molecule has 0 radical (unpaired) electrons. The molecule has 0 aliphatic carbocycles. The van der Waals surface area contributed by atoms with Crippen LogP contribution in [0, 0.1) is 21.8 Å². The van der Waals surface area contributed by atoms with E-state index in [0.29, 0.717) is 23.5 Å². The van der Waals surface area contributed by atoms with E-state index in [2.05, 4.69) is 33.2 Å². The van der Waals surface area contributed by atoms with Crippen LogP contribution in [-0.4, -0.2) is 18.5 Å². The molecule has 0 bridgehead atoms. The summed E-state index contributed by atoms with van der Waals surface area (Å²) in [6.45, 7) is 3.93. The standard InChI is InChI=1S/C20H18IN3O3/c1-3-27-20(26)14-4-7-17(8-5-14)23-12-15(11-22)19(25)24-18-9-6-16(21)10-13(18)2/h4-10,12,23H,3H2,1-2H3,(H,24,25)/b15-12-. The highest BCUT2D eigenvalue weighted by atomic mass is 127. The van der Waals surface area contributed by atoms with Crippen molar-refractivity contribution in [1.29, 1.82) is 5.26 Å². The van der Waals surface area contributed by atoms with Crippen LogP contribution in [0.25, 0.3) is 0 Å². The second-order valence-electron chi connectivity index (χ2n) is 5.53. The molecule has 0 heterocycles. The molecule has 27 heavy (non-hydrogen) atoms. The molecule has 0 saturated carbocycles. The first kappa shape index (κ1) is 20.5. The third-order valence-corrected chi connectivity index (χ3v) is 4.25. The molecule has 2 aromatic rings. The van der Waals surface area contributed by atoms with Gasteiger partial charge in [-0.1, -0.05) is 0 Å². The third-order valence-electron chi connectivity index (χ3n) is 3.58. The first-order valence-corrected chi connectivity index (χ1v) is 9.24. The maximum absolute atomic E-state index is 12.3. The summed E-state index contributed by atoms with van der Waals surface area (Å²) in [6, 6.07) is 14.0. The minimum absolute atomic E-state index is 0.0672. The van der Waals surface area contributed by atoms with E-state index in [4.69, 9.17) is 4.74 Å². The molecule has 0 aliphatic heterocycles. The largest absolute Gasteiger partial charge is 0.462 e. The van der Waals surface area contributed by atoms with Crippen molar-refractivity contribution >= 4 is 45.8 Å². The zero-order valence-corrected chi connectivity index (χ0v) is 17.0. The molecule has 0 spiro atoms. The molecular weight excluding hydrogens is 457 g/mol. The Kier molecular flexibility index (Phi) is 7.37. The van der Waals surface area contributed by atoms with Crippen molar-refractivity contribution in [1.82, 2.24) is 0 Å². The van der Waals surface area contributed by atoms with Crippen LogP contribution in [-0.2, 0) is 9.53 Å². The van der Waals surface area contributed by atoms with Gasteiger partial charge in [-0.15, -0.1) is 0 Å². The molecule has 0 aliphatic rings. The maximum Gasteiger partial charge on any atom is 0.338 e. The Hall–Kier alpha value is -2.86. The molecule has 0 saturated heterocycles. The average molecular weight is 475 g/mol. The van der Waals surface area contributed by atoms with Gasteiger partial charge < -0.3 is 15.4 Å². The van der Waals surface area contributed by atoms with E-state index in [0.717, 1.165) is 9.13 Å². The highest BCUT2D eigenvalue weighted by Crippen LogP contribution is 2.18. The lowest BCUT2D eigenvalue weighted by molar-refractivity contribution is -0.112. The van der Waals surface area contributed by atoms with Crippen LogP contribution in [0.2, 0.25) is 0 Å². The van der Waals surface area contributed by atoms with E-state index >= 15 is 0 Å². The molecule has 0 unspecified atom stereocenters. The zero-order chi connectivity index (χ0) is 19.8. The van der Waals surface area contributed by atoms with Crippen molar-refractivity contribution in [2.75, 3.05) is 17.2 Å². The SMILES string of the molecule is CCOC(=O)c1ccc(N/C=C(/C#N)C(=O)Nc2ccc(I)cc2C)cc1. The third kappa shape index (κ3) is 5.82. The van der Waals surface area contributed by atoms with Crippen molar-refractivity contribution in [3.05, 3.63) is 68.9 Å². The van der Waals surface area contributed by atoms with Gasteiger partial charge in [0.2, 0.25) is 0 Å². The molecule has 2 N–H and O–H groups in total. The Morgan fingerprint density at radius 2 is 1.93 bits per heavy atom. The Balaban J connectivity index is 2.06. The molecule has 0 fully saturated rings. The van der Waals surface area contributed by atoms with Crippen LogP contribution in [0.3, 0.4) is 0 Å². The number of esters is 1. The molecular formula is C20H18IN3O3. The predicted octanol–water partition coefficient (Wildman–Crippen LogP) is 4.23. The number of benzene rings is 2. The second-order valence-corrected chi connectivity index (χ2v) is 6.77. The van der Waals surface area contributed by atoms with Gasteiger partial charge in [0.1, 0.15) is 11.6 Å². The molecule has 6 nitrogen and oxygen atoms in total. The monoisotopic (exact) mass is 475 g/mol. The number of nitrogens with one attached hydrogen (secondary N) is 2. The van der Waals surface area contributed by atoms with Crippen molar-refractivity contribution in [3.63, 3.8) is 0 Å². The molecule has 2 rings (SSSR count). The summed E-state index contributed by atoms with van der Waals surface area (Å²) < 4.78 is 5.98. The lowest BCUT2D eigenvalue weighted by Gasteiger charge is -2.08. The summed E-state index contributed by atoms with van der Waals surface area (Å²) in [5, 5.41) is 14.9. The summed E-state index contributed by atoms with van der Waals surface area (Å²) >= 11 is 2.19. The average Bonchev–Trinajstić information content (AvgIpc) is 2.65. The molecule has 1 amide bonds. The van der Waals surface area contributed by atoms with Gasteiger partial charge >= 0.3 is 5.97 Å². The van der Waals surface area contributed by atoms with Gasteiger partial charge in [0, 0.05) is 21.1 Å². The first-order chi connectivity index (χ1) is 12.9. The number of hydrogen-bond donors (Lipinski definition) is 2. The number of anilines is 2. The summed E-state index contributed by atoms with van der Waals surface area (Å²) in [7, 11) is 0.